The first kappa shape index (κ1) is 14.7. The van der Waals surface area contributed by atoms with Crippen molar-refractivity contribution >= 4 is 28.9 Å². The van der Waals surface area contributed by atoms with E-state index in [1.807, 2.05) is 13.8 Å². The third-order valence-corrected chi connectivity index (χ3v) is 3.32. The summed E-state index contributed by atoms with van der Waals surface area (Å²) in [5.74, 6) is 0.363. The van der Waals surface area contributed by atoms with Crippen LogP contribution in [-0.2, 0) is 0 Å². The largest absolute Gasteiger partial charge is 0.270 e. The lowest BCUT2D eigenvalue weighted by atomic mass is 10.1. The lowest BCUT2D eigenvalue weighted by Crippen LogP contribution is -1.99. The molecule has 2 rings (SSSR count). The molecule has 0 fully saturated rings. The molecule has 0 aliphatic heterocycles. The molecule has 7 heteroatoms. The molecule has 0 bridgehead atoms. The van der Waals surface area contributed by atoms with Crippen molar-refractivity contribution in [3.63, 3.8) is 0 Å². The van der Waals surface area contributed by atoms with Crippen molar-refractivity contribution in [3.05, 3.63) is 50.2 Å². The zero-order valence-electron chi connectivity index (χ0n) is 10.8. The molecule has 20 heavy (non-hydrogen) atoms. The summed E-state index contributed by atoms with van der Waals surface area (Å²) in [5.41, 5.74) is 1.13. The second-order valence-corrected chi connectivity index (χ2v) is 5.22. The van der Waals surface area contributed by atoms with E-state index in [1.165, 1.54) is 12.1 Å². The van der Waals surface area contributed by atoms with Crippen LogP contribution >= 0.6 is 23.2 Å². The molecule has 0 radical (unpaired) electrons. The van der Waals surface area contributed by atoms with Crippen LogP contribution in [0, 0.1) is 10.1 Å². The molecule has 0 atom stereocenters. The Morgan fingerprint density at radius 3 is 2.30 bits per heavy atom. The SMILES string of the molecule is CC(C)c1c(Cl)nc(-c2cccc([N+](=O)[O-])c2)nc1Cl. The van der Waals surface area contributed by atoms with Crippen LogP contribution < -0.4 is 0 Å². The molecule has 0 aliphatic carbocycles. The van der Waals surface area contributed by atoms with Gasteiger partial charge < -0.3 is 0 Å². The first-order valence-electron chi connectivity index (χ1n) is 5.88. The summed E-state index contributed by atoms with van der Waals surface area (Å²) in [6.07, 6.45) is 0. The molecule has 104 valence electrons. The molecule has 0 N–H and O–H groups in total. The Morgan fingerprint density at radius 2 is 1.80 bits per heavy atom. The fourth-order valence-corrected chi connectivity index (χ4v) is 2.60. The van der Waals surface area contributed by atoms with E-state index in [2.05, 4.69) is 9.97 Å². The molecule has 0 aliphatic rings. The Kier molecular flexibility index (Phi) is 4.20. The Labute approximate surface area is 125 Å². The summed E-state index contributed by atoms with van der Waals surface area (Å²) < 4.78 is 0. The molecule has 2 aromatic rings. The average Bonchev–Trinajstić information content (AvgIpc) is 2.37. The van der Waals surface area contributed by atoms with Crippen LogP contribution in [0.5, 0.6) is 0 Å². The number of hydrogen-bond acceptors (Lipinski definition) is 4. The van der Waals surface area contributed by atoms with E-state index in [-0.39, 0.29) is 27.7 Å². The Hall–Kier alpha value is -1.72. The van der Waals surface area contributed by atoms with E-state index in [0.29, 0.717) is 11.1 Å². The normalized spacial score (nSPS) is 10.8. The molecule has 1 aromatic carbocycles. The second kappa shape index (κ2) is 5.73. The topological polar surface area (TPSA) is 68.9 Å². The molecule has 0 spiro atoms. The first-order valence-corrected chi connectivity index (χ1v) is 6.63. The van der Waals surface area contributed by atoms with Gasteiger partial charge in [-0.1, -0.05) is 49.2 Å². The molecule has 1 aromatic heterocycles. The summed E-state index contributed by atoms with van der Waals surface area (Å²) in [6.45, 7) is 3.87. The van der Waals surface area contributed by atoms with Crippen LogP contribution in [0.15, 0.2) is 24.3 Å². The smallest absolute Gasteiger partial charge is 0.258 e. The zero-order chi connectivity index (χ0) is 14.9. The number of nitrogens with zero attached hydrogens (tertiary/aromatic N) is 3. The van der Waals surface area contributed by atoms with Gasteiger partial charge in [-0.3, -0.25) is 10.1 Å². The van der Waals surface area contributed by atoms with E-state index in [0.717, 1.165) is 0 Å². The van der Waals surface area contributed by atoms with Gasteiger partial charge in [-0.2, -0.15) is 0 Å². The number of nitro benzene ring substituents is 1. The fraction of sp³-hybridized carbons (Fsp3) is 0.231. The van der Waals surface area contributed by atoms with Crippen molar-refractivity contribution in [3.8, 4) is 11.4 Å². The van der Waals surface area contributed by atoms with E-state index < -0.39 is 4.92 Å². The van der Waals surface area contributed by atoms with Crippen LogP contribution in [0.4, 0.5) is 5.69 Å². The van der Waals surface area contributed by atoms with Gasteiger partial charge >= 0.3 is 0 Å². The van der Waals surface area contributed by atoms with E-state index in [1.54, 1.807) is 12.1 Å². The number of halogens is 2. The highest BCUT2D eigenvalue weighted by Gasteiger charge is 2.16. The van der Waals surface area contributed by atoms with Gasteiger partial charge in [0.15, 0.2) is 5.82 Å². The maximum absolute atomic E-state index is 10.8. The monoisotopic (exact) mass is 311 g/mol. The molecule has 0 saturated carbocycles. The quantitative estimate of drug-likeness (QED) is 0.476. The van der Waals surface area contributed by atoms with Crippen molar-refractivity contribution in [2.24, 2.45) is 0 Å². The maximum atomic E-state index is 10.8. The predicted octanol–water partition coefficient (Wildman–Crippen LogP) is 4.48. The molecule has 1 heterocycles. The minimum absolute atomic E-state index is 0.0359. The van der Waals surface area contributed by atoms with Gasteiger partial charge in [0.25, 0.3) is 5.69 Å². The van der Waals surface area contributed by atoms with Crippen LogP contribution in [0.1, 0.15) is 25.3 Å². The van der Waals surface area contributed by atoms with Gasteiger partial charge in [-0.25, -0.2) is 9.97 Å². The molecular formula is C13H11Cl2N3O2. The number of hydrogen-bond donors (Lipinski definition) is 0. The van der Waals surface area contributed by atoms with Crippen LogP contribution in [0.2, 0.25) is 10.3 Å². The average molecular weight is 312 g/mol. The van der Waals surface area contributed by atoms with Gasteiger partial charge in [0.05, 0.1) is 4.92 Å². The highest BCUT2D eigenvalue weighted by atomic mass is 35.5. The number of benzene rings is 1. The second-order valence-electron chi connectivity index (χ2n) is 4.50. The summed E-state index contributed by atoms with van der Waals surface area (Å²) in [7, 11) is 0. The van der Waals surface area contributed by atoms with Crippen molar-refractivity contribution < 1.29 is 4.92 Å². The van der Waals surface area contributed by atoms with Gasteiger partial charge in [-0.05, 0) is 5.92 Å². The molecular weight excluding hydrogens is 301 g/mol. The third-order valence-electron chi connectivity index (χ3n) is 2.75. The summed E-state index contributed by atoms with van der Waals surface area (Å²) in [4.78, 5) is 18.6. The highest BCUT2D eigenvalue weighted by molar-refractivity contribution is 6.34. The third kappa shape index (κ3) is 2.89. The van der Waals surface area contributed by atoms with Crippen LogP contribution in [-0.4, -0.2) is 14.9 Å². The van der Waals surface area contributed by atoms with Gasteiger partial charge in [0.2, 0.25) is 0 Å². The first-order chi connectivity index (χ1) is 9.40. The molecule has 5 nitrogen and oxygen atoms in total. The molecule has 0 saturated heterocycles. The van der Waals surface area contributed by atoms with Gasteiger partial charge in [-0.15, -0.1) is 0 Å². The Morgan fingerprint density at radius 1 is 1.20 bits per heavy atom. The van der Waals surface area contributed by atoms with E-state index in [9.17, 15) is 10.1 Å². The summed E-state index contributed by atoms with van der Waals surface area (Å²) in [6, 6.07) is 6.02. The number of nitro groups is 1. The standard InChI is InChI=1S/C13H11Cl2N3O2/c1-7(2)10-11(14)16-13(17-12(10)15)8-4-3-5-9(6-8)18(19)20/h3-7H,1-2H3. The van der Waals surface area contributed by atoms with E-state index in [4.69, 9.17) is 23.2 Å². The zero-order valence-corrected chi connectivity index (χ0v) is 12.3. The fourth-order valence-electron chi connectivity index (χ4n) is 1.78. The van der Waals surface area contributed by atoms with Crippen molar-refractivity contribution in [1.29, 1.82) is 0 Å². The van der Waals surface area contributed by atoms with Crippen LogP contribution in [0.25, 0.3) is 11.4 Å². The molecule has 0 unspecified atom stereocenters. The number of rotatable bonds is 3. The highest BCUT2D eigenvalue weighted by Crippen LogP contribution is 2.31. The lowest BCUT2D eigenvalue weighted by Gasteiger charge is -2.10. The van der Waals surface area contributed by atoms with Crippen molar-refractivity contribution in [1.82, 2.24) is 9.97 Å². The minimum atomic E-state index is -0.477. The van der Waals surface area contributed by atoms with Crippen molar-refractivity contribution in [2.75, 3.05) is 0 Å². The lowest BCUT2D eigenvalue weighted by molar-refractivity contribution is -0.384. The predicted molar refractivity (Wildman–Crippen MR) is 78.2 cm³/mol. The van der Waals surface area contributed by atoms with Gasteiger partial charge in [0.1, 0.15) is 10.3 Å². The summed E-state index contributed by atoms with van der Waals surface area (Å²) >= 11 is 12.2. The molecule has 0 amide bonds. The number of non-ortho nitro benzene ring substituents is 1. The Bertz CT molecular complexity index is 651. The van der Waals surface area contributed by atoms with Gasteiger partial charge in [0, 0.05) is 23.3 Å². The number of aromatic nitrogens is 2. The van der Waals surface area contributed by atoms with E-state index >= 15 is 0 Å². The minimum Gasteiger partial charge on any atom is -0.258 e. The maximum Gasteiger partial charge on any atom is 0.270 e. The summed E-state index contributed by atoms with van der Waals surface area (Å²) in [5, 5.41) is 11.3. The Balaban J connectivity index is 2.54. The van der Waals surface area contributed by atoms with Crippen molar-refractivity contribution in [2.45, 2.75) is 19.8 Å². The van der Waals surface area contributed by atoms with Crippen LogP contribution in [0.3, 0.4) is 0 Å².